The monoisotopic (exact) mass is 319 g/mol. The second-order valence-electron chi connectivity index (χ2n) is 6.17. The lowest BCUT2D eigenvalue weighted by molar-refractivity contribution is -0.125. The van der Waals surface area contributed by atoms with Crippen LogP contribution < -0.4 is 10.1 Å². The molecular formula is C18H25NO4. The van der Waals surface area contributed by atoms with Gasteiger partial charge in [-0.2, -0.15) is 0 Å². The molecule has 0 atom stereocenters. The minimum atomic E-state index is -0.966. The number of amides is 1. The summed E-state index contributed by atoms with van der Waals surface area (Å²) in [6, 6.07) is 6.98. The van der Waals surface area contributed by atoms with Gasteiger partial charge in [-0.3, -0.25) is 9.59 Å². The lowest BCUT2D eigenvalue weighted by Gasteiger charge is -2.31. The number of benzene rings is 1. The number of Topliss-reactive ketones (excluding diaryl/α,β-unsaturated/α-hetero) is 1. The number of ketones is 1. The van der Waals surface area contributed by atoms with Crippen molar-refractivity contribution in [2.45, 2.75) is 51.0 Å². The largest absolute Gasteiger partial charge is 0.494 e. The van der Waals surface area contributed by atoms with E-state index in [1.165, 1.54) is 0 Å². The lowest BCUT2D eigenvalue weighted by Crippen LogP contribution is -2.45. The Bertz CT molecular complexity index is 528. The van der Waals surface area contributed by atoms with Crippen molar-refractivity contribution in [3.05, 3.63) is 29.8 Å². The summed E-state index contributed by atoms with van der Waals surface area (Å²) in [5.74, 6) is 0.703. The van der Waals surface area contributed by atoms with E-state index in [0.717, 1.165) is 18.6 Å². The molecule has 1 aliphatic carbocycles. The predicted molar refractivity (Wildman–Crippen MR) is 87.6 cm³/mol. The van der Waals surface area contributed by atoms with Crippen molar-refractivity contribution in [2.75, 3.05) is 13.2 Å². The van der Waals surface area contributed by atoms with Crippen LogP contribution in [0, 0.1) is 0 Å². The highest BCUT2D eigenvalue weighted by Crippen LogP contribution is 2.25. The second-order valence-corrected chi connectivity index (χ2v) is 6.17. The van der Waals surface area contributed by atoms with Crippen molar-refractivity contribution in [3.63, 3.8) is 0 Å². The average molecular weight is 319 g/mol. The van der Waals surface area contributed by atoms with Crippen LogP contribution in [0.15, 0.2) is 24.3 Å². The molecule has 126 valence electrons. The summed E-state index contributed by atoms with van der Waals surface area (Å²) in [5.41, 5.74) is -0.435. The highest BCUT2D eigenvalue weighted by molar-refractivity contribution is 5.94. The van der Waals surface area contributed by atoms with Crippen LogP contribution in [-0.4, -0.2) is 35.5 Å². The highest BCUT2D eigenvalue weighted by atomic mass is 16.5. The van der Waals surface area contributed by atoms with Crippen LogP contribution in [0.4, 0.5) is 0 Å². The highest BCUT2D eigenvalue weighted by Gasteiger charge is 2.32. The van der Waals surface area contributed by atoms with Gasteiger partial charge in [-0.05, 0) is 43.5 Å². The maximum atomic E-state index is 12.1. The van der Waals surface area contributed by atoms with E-state index in [1.54, 1.807) is 24.3 Å². The summed E-state index contributed by atoms with van der Waals surface area (Å²) in [7, 11) is 0. The van der Waals surface area contributed by atoms with Crippen LogP contribution in [0.3, 0.4) is 0 Å². The van der Waals surface area contributed by atoms with E-state index in [-0.39, 0.29) is 18.2 Å². The molecular weight excluding hydrogens is 294 g/mol. The molecule has 0 spiro atoms. The smallest absolute Gasteiger partial charge is 0.251 e. The molecule has 0 aromatic heterocycles. The first-order valence-electron chi connectivity index (χ1n) is 8.27. The Kier molecular flexibility index (Phi) is 6.16. The van der Waals surface area contributed by atoms with E-state index in [9.17, 15) is 14.7 Å². The maximum Gasteiger partial charge on any atom is 0.251 e. The Labute approximate surface area is 137 Å². The van der Waals surface area contributed by atoms with Crippen molar-refractivity contribution in [1.29, 1.82) is 0 Å². The Morgan fingerprint density at radius 3 is 2.52 bits per heavy atom. The third-order valence-corrected chi connectivity index (χ3v) is 4.20. The van der Waals surface area contributed by atoms with Gasteiger partial charge in [-0.1, -0.05) is 13.3 Å². The summed E-state index contributed by atoms with van der Waals surface area (Å²) in [6.45, 7) is 2.95. The van der Waals surface area contributed by atoms with Gasteiger partial charge >= 0.3 is 0 Å². The molecule has 1 amide bonds. The van der Waals surface area contributed by atoms with Crippen molar-refractivity contribution in [3.8, 4) is 5.75 Å². The fraction of sp³-hybridized carbons (Fsp3) is 0.556. The second kappa shape index (κ2) is 8.11. The summed E-state index contributed by atoms with van der Waals surface area (Å²) < 4.78 is 5.56. The molecule has 0 heterocycles. The van der Waals surface area contributed by atoms with E-state index in [4.69, 9.17) is 4.74 Å². The number of aliphatic hydroxyl groups is 1. The molecule has 0 aliphatic heterocycles. The number of hydrogen-bond acceptors (Lipinski definition) is 4. The predicted octanol–water partition coefficient (Wildman–Crippen LogP) is 2.47. The Balaban J connectivity index is 1.82. The number of carbonyl (C=O) groups is 2. The van der Waals surface area contributed by atoms with Crippen LogP contribution >= 0.6 is 0 Å². The van der Waals surface area contributed by atoms with Gasteiger partial charge < -0.3 is 15.2 Å². The molecule has 1 saturated carbocycles. The van der Waals surface area contributed by atoms with Crippen molar-refractivity contribution in [2.24, 2.45) is 0 Å². The van der Waals surface area contributed by atoms with E-state index < -0.39 is 5.60 Å². The van der Waals surface area contributed by atoms with Gasteiger partial charge in [0.2, 0.25) is 0 Å². The minimum absolute atomic E-state index is 0.174. The van der Waals surface area contributed by atoms with Gasteiger partial charge in [0.15, 0.2) is 0 Å². The van der Waals surface area contributed by atoms with Gasteiger partial charge in [-0.15, -0.1) is 0 Å². The van der Waals surface area contributed by atoms with Crippen LogP contribution in [-0.2, 0) is 4.79 Å². The summed E-state index contributed by atoms with van der Waals surface area (Å²) in [4.78, 5) is 23.4. The average Bonchev–Trinajstić information content (AvgIpc) is 2.57. The molecule has 1 aromatic rings. The SMILES string of the molecule is CCCCOc1ccc(C(=O)NCC2(O)CCC(=O)CC2)cc1. The molecule has 0 unspecified atom stereocenters. The zero-order valence-corrected chi connectivity index (χ0v) is 13.6. The van der Waals surface area contributed by atoms with Crippen molar-refractivity contribution in [1.82, 2.24) is 5.32 Å². The molecule has 0 saturated heterocycles. The first kappa shape index (κ1) is 17.5. The summed E-state index contributed by atoms with van der Waals surface area (Å²) >= 11 is 0. The zero-order chi connectivity index (χ0) is 16.7. The third kappa shape index (κ3) is 5.36. The molecule has 23 heavy (non-hydrogen) atoms. The number of rotatable bonds is 7. The van der Waals surface area contributed by atoms with Crippen molar-refractivity contribution < 1.29 is 19.4 Å². The molecule has 1 aliphatic rings. The van der Waals surface area contributed by atoms with E-state index >= 15 is 0 Å². The van der Waals surface area contributed by atoms with Gasteiger partial charge in [0.1, 0.15) is 11.5 Å². The molecule has 1 aromatic carbocycles. The topological polar surface area (TPSA) is 75.6 Å². The van der Waals surface area contributed by atoms with Gasteiger partial charge in [0.25, 0.3) is 5.91 Å². The van der Waals surface area contributed by atoms with E-state index in [2.05, 4.69) is 12.2 Å². The van der Waals surface area contributed by atoms with E-state index in [1.807, 2.05) is 0 Å². The molecule has 0 radical (unpaired) electrons. The molecule has 5 heteroatoms. The third-order valence-electron chi connectivity index (χ3n) is 4.20. The quantitative estimate of drug-likeness (QED) is 0.757. The van der Waals surface area contributed by atoms with Gasteiger partial charge in [0, 0.05) is 24.9 Å². The minimum Gasteiger partial charge on any atom is -0.494 e. The summed E-state index contributed by atoms with van der Waals surface area (Å²) in [5, 5.41) is 13.1. The first-order valence-corrected chi connectivity index (χ1v) is 8.27. The Hall–Kier alpha value is -1.88. The van der Waals surface area contributed by atoms with Crippen LogP contribution in [0.5, 0.6) is 5.75 Å². The lowest BCUT2D eigenvalue weighted by atomic mass is 9.84. The van der Waals surface area contributed by atoms with Gasteiger partial charge in [-0.25, -0.2) is 0 Å². The maximum absolute atomic E-state index is 12.1. The van der Waals surface area contributed by atoms with Crippen LogP contribution in [0.1, 0.15) is 55.8 Å². The molecule has 0 bridgehead atoms. The normalized spacial score (nSPS) is 16.9. The Morgan fingerprint density at radius 2 is 1.91 bits per heavy atom. The molecule has 1 fully saturated rings. The van der Waals surface area contributed by atoms with Crippen LogP contribution in [0.25, 0.3) is 0 Å². The van der Waals surface area contributed by atoms with Gasteiger partial charge in [0.05, 0.1) is 12.2 Å². The van der Waals surface area contributed by atoms with E-state index in [0.29, 0.717) is 37.9 Å². The molecule has 2 rings (SSSR count). The fourth-order valence-corrected chi connectivity index (χ4v) is 2.55. The van der Waals surface area contributed by atoms with Crippen molar-refractivity contribution >= 4 is 11.7 Å². The molecule has 2 N–H and O–H groups in total. The number of hydrogen-bond donors (Lipinski definition) is 2. The number of ether oxygens (including phenoxy) is 1. The fourth-order valence-electron chi connectivity index (χ4n) is 2.55. The standard InChI is InChI=1S/C18H25NO4/c1-2-3-12-23-16-6-4-14(5-7-16)17(21)19-13-18(22)10-8-15(20)9-11-18/h4-7,22H,2-3,8-13H2,1H3,(H,19,21). The zero-order valence-electron chi connectivity index (χ0n) is 13.6. The first-order chi connectivity index (χ1) is 11.0. The number of carbonyl (C=O) groups excluding carboxylic acids is 2. The number of unbranched alkanes of at least 4 members (excludes halogenated alkanes) is 1. The number of nitrogens with one attached hydrogen (secondary N) is 1. The Morgan fingerprint density at radius 1 is 1.26 bits per heavy atom. The molecule has 5 nitrogen and oxygen atoms in total. The van der Waals surface area contributed by atoms with Crippen LogP contribution in [0.2, 0.25) is 0 Å². The summed E-state index contributed by atoms with van der Waals surface area (Å²) in [6.07, 6.45) is 3.68.